The van der Waals surface area contributed by atoms with Gasteiger partial charge in [-0.05, 0) is 61.2 Å². The molecule has 2 nitrogen and oxygen atoms in total. The molecule has 2 aromatic carbocycles. The van der Waals surface area contributed by atoms with Gasteiger partial charge in [0.05, 0.1) is 0 Å². The van der Waals surface area contributed by atoms with Crippen molar-refractivity contribution >= 4 is 22.7 Å². The fourth-order valence-electron chi connectivity index (χ4n) is 2.42. The topological polar surface area (TPSA) is 30.2 Å². The van der Waals surface area contributed by atoms with E-state index in [2.05, 4.69) is 32.0 Å². The monoisotopic (exact) mass is 310 g/mol. The van der Waals surface area contributed by atoms with Gasteiger partial charge in [-0.15, -0.1) is 11.8 Å². The van der Waals surface area contributed by atoms with E-state index in [0.717, 1.165) is 22.3 Å². The van der Waals surface area contributed by atoms with Gasteiger partial charge in [-0.3, -0.25) is 0 Å². The molecule has 0 aliphatic carbocycles. The third kappa shape index (κ3) is 3.09. The first kappa shape index (κ1) is 14.9. The molecule has 22 heavy (non-hydrogen) atoms. The first-order valence-electron chi connectivity index (χ1n) is 7.26. The van der Waals surface area contributed by atoms with Crippen LogP contribution in [0.5, 0.6) is 0 Å². The molecule has 0 saturated carbocycles. The number of hydrogen-bond donors (Lipinski definition) is 0. The highest BCUT2D eigenvalue weighted by molar-refractivity contribution is 7.98. The molecule has 112 valence electrons. The van der Waals surface area contributed by atoms with Crippen molar-refractivity contribution in [1.29, 1.82) is 0 Å². The lowest BCUT2D eigenvalue weighted by Gasteiger charge is -2.07. The summed E-state index contributed by atoms with van der Waals surface area (Å²) in [4.78, 5) is 13.0. The van der Waals surface area contributed by atoms with Crippen molar-refractivity contribution in [2.45, 2.75) is 31.4 Å². The molecule has 3 heteroatoms. The van der Waals surface area contributed by atoms with Gasteiger partial charge in [0.15, 0.2) is 0 Å². The molecule has 0 amide bonds. The molecule has 0 aliphatic rings. The van der Waals surface area contributed by atoms with Crippen molar-refractivity contribution in [2.75, 3.05) is 0 Å². The van der Waals surface area contributed by atoms with Crippen molar-refractivity contribution in [2.24, 2.45) is 0 Å². The van der Waals surface area contributed by atoms with Gasteiger partial charge < -0.3 is 4.42 Å². The molecule has 0 unspecified atom stereocenters. The van der Waals surface area contributed by atoms with Crippen molar-refractivity contribution in [3.8, 4) is 0 Å². The minimum absolute atomic E-state index is 0.284. The van der Waals surface area contributed by atoms with Gasteiger partial charge in [0.25, 0.3) is 0 Å². The SMILES string of the molecule is Cc1ccc2c(CSc3ccc(C)c(C)c3)cc(=O)oc2c1. The van der Waals surface area contributed by atoms with Gasteiger partial charge in [0.2, 0.25) is 0 Å². The predicted octanol–water partition coefficient (Wildman–Crippen LogP) is 5.01. The Labute approximate surface area is 134 Å². The molecule has 1 aromatic heterocycles. The lowest BCUT2D eigenvalue weighted by Crippen LogP contribution is -2.00. The third-order valence-corrected chi connectivity index (χ3v) is 4.90. The molecule has 0 fully saturated rings. The average Bonchev–Trinajstić information content (AvgIpc) is 2.47. The second kappa shape index (κ2) is 6.01. The number of thioether (sulfide) groups is 1. The van der Waals surface area contributed by atoms with Crippen LogP contribution < -0.4 is 5.63 Å². The molecule has 0 saturated heterocycles. The molecule has 0 bridgehead atoms. The van der Waals surface area contributed by atoms with Crippen LogP contribution in [0.25, 0.3) is 11.0 Å². The number of benzene rings is 2. The second-order valence-electron chi connectivity index (χ2n) is 5.63. The van der Waals surface area contributed by atoms with E-state index in [9.17, 15) is 4.79 Å². The smallest absolute Gasteiger partial charge is 0.336 e. The molecular weight excluding hydrogens is 292 g/mol. The Hall–Kier alpha value is -2.00. The van der Waals surface area contributed by atoms with E-state index in [1.165, 1.54) is 16.0 Å². The Morgan fingerprint density at radius 3 is 2.55 bits per heavy atom. The lowest BCUT2D eigenvalue weighted by atomic mass is 10.1. The number of aryl methyl sites for hydroxylation is 3. The maximum absolute atomic E-state index is 11.7. The van der Waals surface area contributed by atoms with Crippen LogP contribution in [0.3, 0.4) is 0 Å². The Bertz CT molecular complexity index is 894. The summed E-state index contributed by atoms with van der Waals surface area (Å²) in [5.74, 6) is 0.758. The zero-order valence-electron chi connectivity index (χ0n) is 13.0. The van der Waals surface area contributed by atoms with Crippen LogP contribution in [0.4, 0.5) is 0 Å². The zero-order chi connectivity index (χ0) is 15.7. The largest absolute Gasteiger partial charge is 0.423 e. The van der Waals surface area contributed by atoms with Crippen LogP contribution in [-0.4, -0.2) is 0 Å². The average molecular weight is 310 g/mol. The molecule has 1 heterocycles. The predicted molar refractivity (Wildman–Crippen MR) is 92.7 cm³/mol. The summed E-state index contributed by atoms with van der Waals surface area (Å²) >= 11 is 1.74. The standard InChI is InChI=1S/C19H18O2S/c1-12-4-7-17-15(10-19(20)21-18(17)8-12)11-22-16-6-5-13(2)14(3)9-16/h4-10H,11H2,1-3H3. The van der Waals surface area contributed by atoms with Crippen LogP contribution in [-0.2, 0) is 5.75 Å². The molecule has 0 N–H and O–H groups in total. The van der Waals surface area contributed by atoms with Gasteiger partial charge in [-0.2, -0.15) is 0 Å². The van der Waals surface area contributed by atoms with Gasteiger partial charge in [0, 0.05) is 22.1 Å². The highest BCUT2D eigenvalue weighted by Gasteiger charge is 2.07. The first-order valence-corrected chi connectivity index (χ1v) is 8.25. The molecule has 3 rings (SSSR count). The number of fused-ring (bicyclic) bond motifs is 1. The minimum Gasteiger partial charge on any atom is -0.423 e. The van der Waals surface area contributed by atoms with E-state index in [1.54, 1.807) is 17.8 Å². The molecular formula is C19H18O2S. The Balaban J connectivity index is 1.93. The fraction of sp³-hybridized carbons (Fsp3) is 0.211. The van der Waals surface area contributed by atoms with E-state index in [1.807, 2.05) is 25.1 Å². The van der Waals surface area contributed by atoms with E-state index >= 15 is 0 Å². The summed E-state index contributed by atoms with van der Waals surface area (Å²) in [5, 5.41) is 1.02. The van der Waals surface area contributed by atoms with Crippen LogP contribution in [0.1, 0.15) is 22.3 Å². The van der Waals surface area contributed by atoms with E-state index in [4.69, 9.17) is 4.42 Å². The van der Waals surface area contributed by atoms with Gasteiger partial charge in [0.1, 0.15) is 5.58 Å². The summed E-state index contributed by atoms with van der Waals surface area (Å²) in [6, 6.07) is 14.1. The summed E-state index contributed by atoms with van der Waals surface area (Å²) < 4.78 is 5.31. The summed E-state index contributed by atoms with van der Waals surface area (Å²) in [5.41, 5.74) is 5.09. The van der Waals surface area contributed by atoms with Crippen molar-refractivity contribution in [1.82, 2.24) is 0 Å². The van der Waals surface area contributed by atoms with Gasteiger partial charge >= 0.3 is 5.63 Å². The maximum Gasteiger partial charge on any atom is 0.336 e. The quantitative estimate of drug-likeness (QED) is 0.503. The Morgan fingerprint density at radius 1 is 0.955 bits per heavy atom. The molecule has 0 spiro atoms. The molecule has 3 aromatic rings. The van der Waals surface area contributed by atoms with Crippen LogP contribution >= 0.6 is 11.8 Å². The summed E-state index contributed by atoms with van der Waals surface area (Å²) in [7, 11) is 0. The van der Waals surface area contributed by atoms with E-state index in [-0.39, 0.29) is 5.63 Å². The highest BCUT2D eigenvalue weighted by Crippen LogP contribution is 2.28. The minimum atomic E-state index is -0.284. The van der Waals surface area contributed by atoms with Gasteiger partial charge in [-0.25, -0.2) is 4.79 Å². The van der Waals surface area contributed by atoms with E-state index in [0.29, 0.717) is 5.58 Å². The van der Waals surface area contributed by atoms with Crippen molar-refractivity contribution in [3.05, 3.63) is 75.1 Å². The summed E-state index contributed by atoms with van der Waals surface area (Å²) in [6.07, 6.45) is 0. The van der Waals surface area contributed by atoms with Crippen molar-refractivity contribution in [3.63, 3.8) is 0 Å². The fourth-order valence-corrected chi connectivity index (χ4v) is 3.41. The number of rotatable bonds is 3. The van der Waals surface area contributed by atoms with E-state index < -0.39 is 0 Å². The molecule has 0 aliphatic heterocycles. The highest BCUT2D eigenvalue weighted by atomic mass is 32.2. The zero-order valence-corrected chi connectivity index (χ0v) is 13.8. The Morgan fingerprint density at radius 2 is 1.77 bits per heavy atom. The summed E-state index contributed by atoms with van der Waals surface area (Å²) in [6.45, 7) is 6.23. The second-order valence-corrected chi connectivity index (χ2v) is 6.67. The van der Waals surface area contributed by atoms with Gasteiger partial charge in [-0.1, -0.05) is 18.2 Å². The van der Waals surface area contributed by atoms with Crippen molar-refractivity contribution < 1.29 is 4.42 Å². The van der Waals surface area contributed by atoms with Crippen LogP contribution in [0.15, 0.2) is 56.6 Å². The van der Waals surface area contributed by atoms with Crippen LogP contribution in [0.2, 0.25) is 0 Å². The normalized spacial score (nSPS) is 11.0. The number of hydrogen-bond acceptors (Lipinski definition) is 3. The maximum atomic E-state index is 11.7. The third-order valence-electron chi connectivity index (χ3n) is 3.86. The first-order chi connectivity index (χ1) is 10.5. The van der Waals surface area contributed by atoms with Crippen LogP contribution in [0, 0.1) is 20.8 Å². The molecule has 0 atom stereocenters. The molecule has 0 radical (unpaired) electrons. The Kier molecular flexibility index (Phi) is 4.08. The lowest BCUT2D eigenvalue weighted by molar-refractivity contribution is 0.559.